The van der Waals surface area contributed by atoms with E-state index in [1.807, 2.05) is 0 Å². The molecule has 0 rings (SSSR count). The van der Waals surface area contributed by atoms with Crippen LogP contribution in [-0.2, 0) is 4.84 Å². The Morgan fingerprint density at radius 3 is 1.78 bits per heavy atom. The molecule has 0 spiro atoms. The third-order valence-electron chi connectivity index (χ3n) is 5.25. The van der Waals surface area contributed by atoms with Crippen molar-refractivity contribution < 1.29 is 4.84 Å². The molecule has 0 heterocycles. The third-order valence-corrected chi connectivity index (χ3v) is 5.25. The van der Waals surface area contributed by atoms with Crippen LogP contribution in [0, 0.1) is 35.5 Å². The lowest BCUT2D eigenvalue weighted by Gasteiger charge is -2.34. The maximum atomic E-state index is 5.15. The summed E-state index contributed by atoms with van der Waals surface area (Å²) in [7, 11) is 0. The van der Waals surface area contributed by atoms with Gasteiger partial charge in [0, 0.05) is 0 Å². The first-order valence-corrected chi connectivity index (χ1v) is 7.66. The molecule has 0 fully saturated rings. The first-order valence-electron chi connectivity index (χ1n) is 7.66. The summed E-state index contributed by atoms with van der Waals surface area (Å²) in [6.45, 7) is 17.2. The number of rotatable bonds is 9. The van der Waals surface area contributed by atoms with Crippen molar-refractivity contribution in [2.24, 2.45) is 41.4 Å². The van der Waals surface area contributed by atoms with Crippen LogP contribution in [0.15, 0.2) is 0 Å². The molecule has 0 aromatic rings. The van der Waals surface area contributed by atoms with Gasteiger partial charge in [0.2, 0.25) is 0 Å². The lowest BCUT2D eigenvalue weighted by Crippen LogP contribution is -2.27. The van der Waals surface area contributed by atoms with Gasteiger partial charge in [0.25, 0.3) is 0 Å². The quantitative estimate of drug-likeness (QED) is 0.618. The van der Waals surface area contributed by atoms with Crippen LogP contribution < -0.4 is 5.90 Å². The van der Waals surface area contributed by atoms with Gasteiger partial charge in [-0.3, -0.25) is 0 Å². The second-order valence-corrected chi connectivity index (χ2v) is 6.61. The number of hydrogen-bond donors (Lipinski definition) is 1. The SMILES string of the molecule is CCC(C)C(C)C(C)C(C)C(C)CC(C)CON. The van der Waals surface area contributed by atoms with Crippen LogP contribution >= 0.6 is 0 Å². The Morgan fingerprint density at radius 1 is 0.833 bits per heavy atom. The van der Waals surface area contributed by atoms with Crippen molar-refractivity contribution in [3.63, 3.8) is 0 Å². The van der Waals surface area contributed by atoms with Crippen LogP contribution in [0.3, 0.4) is 0 Å². The average molecular weight is 257 g/mol. The minimum Gasteiger partial charge on any atom is -0.304 e. The maximum Gasteiger partial charge on any atom is 0.0704 e. The third kappa shape index (κ3) is 5.71. The molecule has 18 heavy (non-hydrogen) atoms. The van der Waals surface area contributed by atoms with Gasteiger partial charge >= 0.3 is 0 Å². The van der Waals surface area contributed by atoms with Crippen molar-refractivity contribution in [2.75, 3.05) is 6.61 Å². The van der Waals surface area contributed by atoms with Gasteiger partial charge in [0.15, 0.2) is 0 Å². The summed E-state index contributed by atoms with van der Waals surface area (Å²) in [4.78, 5) is 4.75. The topological polar surface area (TPSA) is 35.2 Å². The molecule has 0 aliphatic rings. The van der Waals surface area contributed by atoms with E-state index in [4.69, 9.17) is 10.7 Å². The van der Waals surface area contributed by atoms with Crippen molar-refractivity contribution in [2.45, 2.75) is 61.3 Å². The second-order valence-electron chi connectivity index (χ2n) is 6.61. The lowest BCUT2D eigenvalue weighted by atomic mass is 9.72. The Bertz CT molecular complexity index is 207. The fourth-order valence-electron chi connectivity index (χ4n) is 2.97. The molecule has 2 nitrogen and oxygen atoms in total. The zero-order valence-electron chi connectivity index (χ0n) is 13.6. The molecule has 0 bridgehead atoms. The highest BCUT2D eigenvalue weighted by Gasteiger charge is 2.27. The summed E-state index contributed by atoms with van der Waals surface area (Å²) >= 11 is 0. The fourth-order valence-corrected chi connectivity index (χ4v) is 2.97. The molecule has 2 N–H and O–H groups in total. The highest BCUT2D eigenvalue weighted by atomic mass is 16.6. The van der Waals surface area contributed by atoms with Crippen LogP contribution in [0.25, 0.3) is 0 Å². The molecule has 2 heteroatoms. The van der Waals surface area contributed by atoms with E-state index in [2.05, 4.69) is 48.5 Å². The Morgan fingerprint density at radius 2 is 1.33 bits per heavy atom. The monoisotopic (exact) mass is 257 g/mol. The fraction of sp³-hybridized carbons (Fsp3) is 1.00. The van der Waals surface area contributed by atoms with Crippen LogP contribution in [0.4, 0.5) is 0 Å². The van der Waals surface area contributed by atoms with Crippen molar-refractivity contribution in [1.82, 2.24) is 0 Å². The van der Waals surface area contributed by atoms with E-state index in [1.165, 1.54) is 12.8 Å². The summed E-state index contributed by atoms with van der Waals surface area (Å²) in [5.41, 5.74) is 0. The van der Waals surface area contributed by atoms with Crippen LogP contribution in [-0.4, -0.2) is 6.61 Å². The van der Waals surface area contributed by atoms with Gasteiger partial charge in [-0.05, 0) is 41.9 Å². The number of hydrogen-bond acceptors (Lipinski definition) is 2. The average Bonchev–Trinajstić information content (AvgIpc) is 2.35. The Labute approximate surface area is 115 Å². The van der Waals surface area contributed by atoms with Gasteiger partial charge in [0.1, 0.15) is 0 Å². The molecule has 0 aliphatic carbocycles. The zero-order valence-corrected chi connectivity index (χ0v) is 13.6. The molecular formula is C16H35NO. The predicted octanol–water partition coefficient (Wildman–Crippen LogP) is 4.49. The smallest absolute Gasteiger partial charge is 0.0704 e. The maximum absolute atomic E-state index is 5.15. The van der Waals surface area contributed by atoms with E-state index in [1.54, 1.807) is 0 Å². The summed E-state index contributed by atoms with van der Waals surface area (Å²) in [5.74, 6) is 9.59. The molecule has 0 amide bonds. The van der Waals surface area contributed by atoms with Gasteiger partial charge in [0.05, 0.1) is 6.61 Å². The summed E-state index contributed by atoms with van der Waals surface area (Å²) < 4.78 is 0. The molecule has 0 aliphatic heterocycles. The minimum atomic E-state index is 0.554. The standard InChI is InChI=1S/C16H35NO/c1-8-12(3)14(5)16(7)15(6)13(4)9-11(2)10-18-17/h11-16H,8-10,17H2,1-7H3. The predicted molar refractivity (Wildman–Crippen MR) is 80.0 cm³/mol. The zero-order chi connectivity index (χ0) is 14.3. The first-order chi connectivity index (χ1) is 8.34. The molecular weight excluding hydrogens is 222 g/mol. The van der Waals surface area contributed by atoms with Crippen molar-refractivity contribution in [3.05, 3.63) is 0 Å². The summed E-state index contributed by atoms with van der Waals surface area (Å²) in [6.07, 6.45) is 2.49. The molecule has 6 atom stereocenters. The molecule has 0 saturated heterocycles. The van der Waals surface area contributed by atoms with Gasteiger partial charge in [-0.25, -0.2) is 5.90 Å². The number of nitrogens with two attached hydrogens (primary N) is 1. The second kappa shape index (κ2) is 8.92. The van der Waals surface area contributed by atoms with Crippen molar-refractivity contribution >= 4 is 0 Å². The Balaban J connectivity index is 4.30. The summed E-state index contributed by atoms with van der Waals surface area (Å²) in [5, 5.41) is 0. The van der Waals surface area contributed by atoms with Gasteiger partial charge in [-0.15, -0.1) is 0 Å². The molecule has 6 unspecified atom stereocenters. The van der Waals surface area contributed by atoms with Crippen LogP contribution in [0.5, 0.6) is 0 Å². The molecule has 0 aromatic heterocycles. The van der Waals surface area contributed by atoms with Gasteiger partial charge in [-0.1, -0.05) is 54.9 Å². The van der Waals surface area contributed by atoms with E-state index in [-0.39, 0.29) is 0 Å². The van der Waals surface area contributed by atoms with E-state index >= 15 is 0 Å². The van der Waals surface area contributed by atoms with E-state index < -0.39 is 0 Å². The van der Waals surface area contributed by atoms with Crippen LogP contribution in [0.1, 0.15) is 61.3 Å². The highest BCUT2D eigenvalue weighted by molar-refractivity contribution is 4.76. The highest BCUT2D eigenvalue weighted by Crippen LogP contribution is 2.34. The van der Waals surface area contributed by atoms with E-state index in [9.17, 15) is 0 Å². The normalized spacial score (nSPS) is 22.0. The lowest BCUT2D eigenvalue weighted by molar-refractivity contribution is 0.0855. The van der Waals surface area contributed by atoms with Crippen LogP contribution in [0.2, 0.25) is 0 Å². The Hall–Kier alpha value is -0.0800. The molecule has 0 radical (unpaired) electrons. The summed E-state index contributed by atoms with van der Waals surface area (Å²) in [6, 6.07) is 0. The first kappa shape index (κ1) is 17.9. The Kier molecular flexibility index (Phi) is 8.89. The van der Waals surface area contributed by atoms with E-state index in [0.29, 0.717) is 12.5 Å². The molecule has 0 aromatic carbocycles. The largest absolute Gasteiger partial charge is 0.304 e. The van der Waals surface area contributed by atoms with E-state index in [0.717, 1.165) is 29.6 Å². The molecule has 0 saturated carbocycles. The van der Waals surface area contributed by atoms with Crippen molar-refractivity contribution in [3.8, 4) is 0 Å². The van der Waals surface area contributed by atoms with Crippen molar-refractivity contribution in [1.29, 1.82) is 0 Å². The van der Waals surface area contributed by atoms with Gasteiger partial charge < -0.3 is 4.84 Å². The minimum absolute atomic E-state index is 0.554. The van der Waals surface area contributed by atoms with Gasteiger partial charge in [-0.2, -0.15) is 0 Å². The molecule has 110 valence electrons.